The van der Waals surface area contributed by atoms with Crippen LogP contribution in [0.2, 0.25) is 0 Å². The number of nitrogens with zero attached hydrogens (tertiary/aromatic N) is 3. The van der Waals surface area contributed by atoms with Gasteiger partial charge in [-0.15, -0.1) is 10.2 Å². The van der Waals surface area contributed by atoms with Gasteiger partial charge in [-0.25, -0.2) is 0 Å². The summed E-state index contributed by atoms with van der Waals surface area (Å²) < 4.78 is 5.08. The van der Waals surface area contributed by atoms with Crippen LogP contribution in [0.25, 0.3) is 10.9 Å². The normalized spacial score (nSPS) is 16.1. The Kier molecular flexibility index (Phi) is 5.72. The highest BCUT2D eigenvalue weighted by atomic mass is 32.2. The van der Waals surface area contributed by atoms with Crippen molar-refractivity contribution in [3.63, 3.8) is 0 Å². The van der Waals surface area contributed by atoms with Crippen LogP contribution in [0.1, 0.15) is 12.0 Å². The Labute approximate surface area is 181 Å². The Morgan fingerprint density at radius 2 is 2.03 bits per heavy atom. The summed E-state index contributed by atoms with van der Waals surface area (Å²) in [5.41, 5.74) is 2.61. The Morgan fingerprint density at radius 1 is 1.26 bits per heavy atom. The molecule has 10 heteroatoms. The number of ether oxygens (including phenoxy) is 1. The second-order valence-corrected chi connectivity index (χ2v) is 8.06. The Morgan fingerprint density at radius 3 is 2.77 bits per heavy atom. The van der Waals surface area contributed by atoms with Crippen LogP contribution in [0.3, 0.4) is 0 Å². The van der Waals surface area contributed by atoms with Crippen LogP contribution in [-0.2, 0) is 9.59 Å². The van der Waals surface area contributed by atoms with Gasteiger partial charge in [-0.2, -0.15) is 4.99 Å². The fraction of sp³-hybridized carbons (Fsp3) is 0.190. The van der Waals surface area contributed by atoms with E-state index >= 15 is 0 Å². The van der Waals surface area contributed by atoms with Gasteiger partial charge in [0, 0.05) is 17.5 Å². The molecule has 0 aliphatic carbocycles. The molecule has 4 rings (SSSR count). The lowest BCUT2D eigenvalue weighted by molar-refractivity contribution is -0.121. The number of aromatic nitrogens is 1. The lowest BCUT2D eigenvalue weighted by Gasteiger charge is -2.08. The first kappa shape index (κ1) is 20.6. The Bertz CT molecular complexity index is 1220. The van der Waals surface area contributed by atoms with E-state index in [2.05, 4.69) is 25.5 Å². The number of nitrogens with one attached hydrogen (secondary N) is 2. The molecule has 0 fully saturated rings. The van der Waals surface area contributed by atoms with Crippen molar-refractivity contribution in [2.45, 2.75) is 18.6 Å². The fourth-order valence-electron chi connectivity index (χ4n) is 3.07. The monoisotopic (exact) mass is 437 g/mol. The number of aliphatic imine (C=N–C) groups is 1. The lowest BCUT2D eigenvalue weighted by atomic mass is 10.2. The molecular formula is C21H19N5O4S. The van der Waals surface area contributed by atoms with Crippen LogP contribution < -0.4 is 10.1 Å². The molecule has 2 amide bonds. The first-order valence-corrected chi connectivity index (χ1v) is 10.3. The minimum Gasteiger partial charge on any atom is -0.497 e. The SMILES string of the molecule is COc1ccc(NC(=O)CC2SC(N=Nc3c(O)[nH]c4ccc(C)cc34)=NC2=O)cc1. The predicted molar refractivity (Wildman–Crippen MR) is 119 cm³/mol. The predicted octanol–water partition coefficient (Wildman–Crippen LogP) is 4.30. The van der Waals surface area contributed by atoms with Crippen molar-refractivity contribution in [1.29, 1.82) is 0 Å². The van der Waals surface area contributed by atoms with Gasteiger partial charge in [-0.3, -0.25) is 9.59 Å². The van der Waals surface area contributed by atoms with Crippen molar-refractivity contribution in [3.05, 3.63) is 48.0 Å². The topological polar surface area (TPSA) is 128 Å². The first-order valence-electron chi connectivity index (χ1n) is 9.39. The first-order chi connectivity index (χ1) is 14.9. The number of azo groups is 1. The second-order valence-electron chi connectivity index (χ2n) is 6.89. The van der Waals surface area contributed by atoms with E-state index in [1.54, 1.807) is 31.4 Å². The number of H-pyrrole nitrogens is 1. The van der Waals surface area contributed by atoms with Crippen molar-refractivity contribution in [3.8, 4) is 11.6 Å². The highest BCUT2D eigenvalue weighted by Gasteiger charge is 2.31. The molecule has 0 saturated heterocycles. The molecule has 31 heavy (non-hydrogen) atoms. The van der Waals surface area contributed by atoms with Crippen LogP contribution >= 0.6 is 11.8 Å². The molecule has 2 aromatic carbocycles. The van der Waals surface area contributed by atoms with Crippen molar-refractivity contribution >= 4 is 51.0 Å². The molecule has 0 saturated carbocycles. The number of carbonyl (C=O) groups is 2. The Hall–Kier alpha value is -3.66. The van der Waals surface area contributed by atoms with E-state index in [1.165, 1.54) is 0 Å². The zero-order chi connectivity index (χ0) is 22.0. The van der Waals surface area contributed by atoms with E-state index in [0.29, 0.717) is 16.8 Å². The second kappa shape index (κ2) is 8.60. The number of amidine groups is 1. The third-order valence-electron chi connectivity index (χ3n) is 4.62. The number of rotatable bonds is 5. The molecule has 158 valence electrons. The summed E-state index contributed by atoms with van der Waals surface area (Å²) in [4.78, 5) is 31.2. The molecule has 0 radical (unpaired) electrons. The van der Waals surface area contributed by atoms with Gasteiger partial charge in [0.05, 0.1) is 12.6 Å². The molecule has 1 aromatic heterocycles. The van der Waals surface area contributed by atoms with Crippen molar-refractivity contribution < 1.29 is 19.4 Å². The number of hydrogen-bond donors (Lipinski definition) is 3. The number of carbonyl (C=O) groups excluding carboxylic acids is 2. The fourth-order valence-corrected chi connectivity index (χ4v) is 3.94. The number of fused-ring (bicyclic) bond motifs is 1. The molecule has 1 aliphatic heterocycles. The van der Waals surface area contributed by atoms with Gasteiger partial charge >= 0.3 is 0 Å². The maximum atomic E-state index is 12.3. The number of amides is 2. The summed E-state index contributed by atoms with van der Waals surface area (Å²) in [6, 6.07) is 12.5. The summed E-state index contributed by atoms with van der Waals surface area (Å²) >= 11 is 1.07. The summed E-state index contributed by atoms with van der Waals surface area (Å²) in [6.45, 7) is 1.93. The zero-order valence-corrected chi connectivity index (χ0v) is 17.6. The average molecular weight is 437 g/mol. The molecule has 2 heterocycles. The van der Waals surface area contributed by atoms with Gasteiger partial charge in [0.1, 0.15) is 11.0 Å². The molecule has 3 aromatic rings. The number of aryl methyl sites for hydroxylation is 1. The largest absolute Gasteiger partial charge is 0.497 e. The van der Waals surface area contributed by atoms with Gasteiger partial charge in [-0.05, 0) is 43.3 Å². The molecule has 3 N–H and O–H groups in total. The number of methoxy groups -OCH3 is 1. The highest BCUT2D eigenvalue weighted by molar-refractivity contribution is 8.15. The Balaban J connectivity index is 1.40. The van der Waals surface area contributed by atoms with Crippen LogP contribution in [0, 0.1) is 6.92 Å². The van der Waals surface area contributed by atoms with Crippen molar-refractivity contribution in [1.82, 2.24) is 4.98 Å². The summed E-state index contributed by atoms with van der Waals surface area (Å²) in [5.74, 6) is -0.189. The maximum Gasteiger partial charge on any atom is 0.262 e. The van der Waals surface area contributed by atoms with E-state index in [-0.39, 0.29) is 29.1 Å². The number of benzene rings is 2. The highest BCUT2D eigenvalue weighted by Crippen LogP contribution is 2.37. The molecule has 0 bridgehead atoms. The third-order valence-corrected chi connectivity index (χ3v) is 5.65. The van der Waals surface area contributed by atoms with Crippen LogP contribution in [0.4, 0.5) is 11.4 Å². The van der Waals surface area contributed by atoms with Gasteiger partial charge < -0.3 is 20.1 Å². The smallest absolute Gasteiger partial charge is 0.262 e. The van der Waals surface area contributed by atoms with Gasteiger partial charge in [0.2, 0.25) is 17.0 Å². The molecule has 1 unspecified atom stereocenters. The summed E-state index contributed by atoms with van der Waals surface area (Å²) in [6.07, 6.45) is -0.0461. The van der Waals surface area contributed by atoms with Crippen LogP contribution in [0.15, 0.2) is 57.7 Å². The minimum atomic E-state index is -0.675. The van der Waals surface area contributed by atoms with Gasteiger partial charge in [0.15, 0.2) is 5.69 Å². The summed E-state index contributed by atoms with van der Waals surface area (Å²) in [7, 11) is 1.56. The van der Waals surface area contributed by atoms with Crippen LogP contribution in [-0.4, -0.2) is 39.4 Å². The molecule has 0 spiro atoms. The molecule has 1 aliphatic rings. The van der Waals surface area contributed by atoms with Gasteiger partial charge in [0.25, 0.3) is 5.91 Å². The van der Waals surface area contributed by atoms with E-state index < -0.39 is 11.2 Å². The van der Waals surface area contributed by atoms with Gasteiger partial charge in [-0.1, -0.05) is 23.4 Å². The third kappa shape index (κ3) is 4.58. The minimum absolute atomic E-state index is 0.0461. The number of aromatic hydroxyl groups is 1. The number of hydrogen-bond acceptors (Lipinski definition) is 7. The molecular weight excluding hydrogens is 418 g/mol. The van der Waals surface area contributed by atoms with E-state index in [4.69, 9.17) is 4.74 Å². The quantitative estimate of drug-likeness (QED) is 0.513. The molecule has 9 nitrogen and oxygen atoms in total. The van der Waals surface area contributed by atoms with Crippen molar-refractivity contribution in [2.24, 2.45) is 15.2 Å². The van der Waals surface area contributed by atoms with E-state index in [0.717, 1.165) is 22.8 Å². The standard InChI is InChI=1S/C21H19N5O4S/c1-11-3-8-15-14(9-11)18(20(29)23-15)25-26-21-24-19(28)16(31-21)10-17(27)22-12-4-6-13(30-2)7-5-12/h3-9,16,23,29H,10H2,1-2H3,(H,22,27). The average Bonchev–Trinajstić information content (AvgIpc) is 3.25. The maximum absolute atomic E-state index is 12.3. The lowest BCUT2D eigenvalue weighted by Crippen LogP contribution is -2.21. The van der Waals surface area contributed by atoms with E-state index in [9.17, 15) is 14.7 Å². The van der Waals surface area contributed by atoms with Crippen molar-refractivity contribution in [2.75, 3.05) is 12.4 Å². The van der Waals surface area contributed by atoms with E-state index in [1.807, 2.05) is 25.1 Å². The number of thioether (sulfide) groups is 1. The summed E-state index contributed by atoms with van der Waals surface area (Å²) in [5, 5.41) is 21.1. The zero-order valence-electron chi connectivity index (χ0n) is 16.7. The number of anilines is 1. The number of aromatic amines is 1. The molecule has 1 atom stereocenters. The van der Waals surface area contributed by atoms with Crippen LogP contribution in [0.5, 0.6) is 11.6 Å².